The first kappa shape index (κ1) is 23.1. The van der Waals surface area contributed by atoms with Crippen LogP contribution in [0.2, 0.25) is 0 Å². The van der Waals surface area contributed by atoms with E-state index in [9.17, 15) is 14.4 Å². The number of carbonyl (C=O) groups excluding carboxylic acids is 3. The van der Waals surface area contributed by atoms with Crippen LogP contribution in [0.5, 0.6) is 0 Å². The van der Waals surface area contributed by atoms with Crippen molar-refractivity contribution in [1.29, 1.82) is 0 Å². The number of allylic oxidation sites excluding steroid dienone is 1. The van der Waals surface area contributed by atoms with Gasteiger partial charge in [0.2, 0.25) is 11.8 Å². The third-order valence-corrected chi connectivity index (χ3v) is 3.99. The minimum Gasteiger partial charge on any atom is -0.344 e. The van der Waals surface area contributed by atoms with Gasteiger partial charge in [-0.15, -0.1) is 6.58 Å². The standard InChI is InChI=1S/C18H34N4O3/c1-8-10-18(5,6)11-9-14(23)21-15(12(2)3)17(25)20-13(4)16(24)22-19-7/h8,12-13,15,19H,1,9-11H2,2-7H3,(H,20,25)(H,21,23)(H,22,24)/t13-,15-/m0/s1. The monoisotopic (exact) mass is 354 g/mol. The molecule has 0 saturated heterocycles. The van der Waals surface area contributed by atoms with E-state index in [0.29, 0.717) is 12.8 Å². The molecular formula is C18H34N4O3. The molecule has 2 atom stereocenters. The fourth-order valence-corrected chi connectivity index (χ4v) is 2.33. The van der Waals surface area contributed by atoms with E-state index in [2.05, 4.69) is 41.9 Å². The number of hydrazine groups is 1. The van der Waals surface area contributed by atoms with Gasteiger partial charge in [-0.25, -0.2) is 5.43 Å². The van der Waals surface area contributed by atoms with Gasteiger partial charge in [0.25, 0.3) is 5.91 Å². The number of carbonyl (C=O) groups is 3. The van der Waals surface area contributed by atoms with Crippen molar-refractivity contribution in [2.75, 3.05) is 7.05 Å². The van der Waals surface area contributed by atoms with Gasteiger partial charge in [-0.2, -0.15) is 0 Å². The molecule has 0 bridgehead atoms. The molecular weight excluding hydrogens is 320 g/mol. The van der Waals surface area contributed by atoms with Crippen LogP contribution < -0.4 is 21.5 Å². The molecule has 0 spiro atoms. The van der Waals surface area contributed by atoms with Crippen LogP contribution in [0.1, 0.15) is 53.9 Å². The van der Waals surface area contributed by atoms with Crippen LogP contribution in [0, 0.1) is 11.3 Å². The highest BCUT2D eigenvalue weighted by Gasteiger charge is 2.27. The molecule has 0 heterocycles. The first-order chi connectivity index (χ1) is 11.5. The Morgan fingerprint density at radius 2 is 1.68 bits per heavy atom. The van der Waals surface area contributed by atoms with Crippen LogP contribution in [0.25, 0.3) is 0 Å². The average Bonchev–Trinajstić information content (AvgIpc) is 2.50. The highest BCUT2D eigenvalue weighted by molar-refractivity contribution is 5.91. The molecule has 4 N–H and O–H groups in total. The summed E-state index contributed by atoms with van der Waals surface area (Å²) in [6.07, 6.45) is 3.72. The summed E-state index contributed by atoms with van der Waals surface area (Å²) in [5.74, 6) is -0.980. The molecule has 0 saturated carbocycles. The summed E-state index contributed by atoms with van der Waals surface area (Å²) in [5.41, 5.74) is 4.92. The van der Waals surface area contributed by atoms with Gasteiger partial charge in [0.1, 0.15) is 12.1 Å². The summed E-state index contributed by atoms with van der Waals surface area (Å²) in [4.78, 5) is 36.3. The molecule has 0 aromatic carbocycles. The zero-order valence-corrected chi connectivity index (χ0v) is 16.4. The molecule has 0 aliphatic heterocycles. The maximum absolute atomic E-state index is 12.4. The summed E-state index contributed by atoms with van der Waals surface area (Å²) >= 11 is 0. The predicted octanol–water partition coefficient (Wildman–Crippen LogP) is 1.27. The van der Waals surface area contributed by atoms with E-state index >= 15 is 0 Å². The molecule has 0 aromatic rings. The highest BCUT2D eigenvalue weighted by atomic mass is 16.2. The third kappa shape index (κ3) is 9.24. The number of amides is 3. The lowest BCUT2D eigenvalue weighted by Gasteiger charge is -2.25. The SMILES string of the molecule is C=CCC(C)(C)CCC(=O)N[C@H](C(=O)N[C@@H](C)C(=O)NNC)C(C)C. The Bertz CT molecular complexity index is 475. The Hall–Kier alpha value is -1.89. The van der Waals surface area contributed by atoms with Crippen molar-refractivity contribution in [3.05, 3.63) is 12.7 Å². The van der Waals surface area contributed by atoms with Crippen molar-refractivity contribution in [1.82, 2.24) is 21.5 Å². The van der Waals surface area contributed by atoms with Crippen LogP contribution in [0.15, 0.2) is 12.7 Å². The van der Waals surface area contributed by atoms with E-state index in [0.717, 1.165) is 6.42 Å². The summed E-state index contributed by atoms with van der Waals surface area (Å²) in [5, 5.41) is 5.41. The molecule has 25 heavy (non-hydrogen) atoms. The second-order valence-electron chi connectivity index (χ2n) is 7.42. The van der Waals surface area contributed by atoms with E-state index in [-0.39, 0.29) is 29.1 Å². The van der Waals surface area contributed by atoms with Gasteiger partial charge >= 0.3 is 0 Å². The minimum absolute atomic E-state index is 0.00552. The fraction of sp³-hybridized carbons (Fsp3) is 0.722. The zero-order valence-electron chi connectivity index (χ0n) is 16.4. The lowest BCUT2D eigenvalue weighted by Crippen LogP contribution is -2.55. The van der Waals surface area contributed by atoms with E-state index < -0.39 is 12.1 Å². The Morgan fingerprint density at radius 1 is 1.08 bits per heavy atom. The van der Waals surface area contributed by atoms with Crippen molar-refractivity contribution in [3.63, 3.8) is 0 Å². The number of hydrogen-bond acceptors (Lipinski definition) is 4. The first-order valence-corrected chi connectivity index (χ1v) is 8.71. The van der Waals surface area contributed by atoms with Gasteiger partial charge in [0.15, 0.2) is 0 Å². The van der Waals surface area contributed by atoms with Crippen LogP contribution in [0.3, 0.4) is 0 Å². The lowest BCUT2D eigenvalue weighted by molar-refractivity contribution is -0.133. The topological polar surface area (TPSA) is 99.3 Å². The van der Waals surface area contributed by atoms with Gasteiger partial charge in [-0.05, 0) is 31.1 Å². The highest BCUT2D eigenvalue weighted by Crippen LogP contribution is 2.26. The summed E-state index contributed by atoms with van der Waals surface area (Å²) < 4.78 is 0. The van der Waals surface area contributed by atoms with Crippen molar-refractivity contribution in [2.24, 2.45) is 11.3 Å². The second-order valence-corrected chi connectivity index (χ2v) is 7.42. The fourth-order valence-electron chi connectivity index (χ4n) is 2.33. The molecule has 0 radical (unpaired) electrons. The van der Waals surface area contributed by atoms with Crippen LogP contribution in [-0.2, 0) is 14.4 Å². The third-order valence-electron chi connectivity index (χ3n) is 3.99. The molecule has 0 unspecified atom stereocenters. The Morgan fingerprint density at radius 3 is 2.16 bits per heavy atom. The van der Waals surface area contributed by atoms with E-state index in [4.69, 9.17) is 0 Å². The maximum atomic E-state index is 12.4. The Balaban J connectivity index is 4.68. The van der Waals surface area contributed by atoms with Crippen LogP contribution in [0.4, 0.5) is 0 Å². The normalized spacial score (nSPS) is 13.7. The quantitative estimate of drug-likeness (QED) is 0.332. The molecule has 7 nitrogen and oxygen atoms in total. The smallest absolute Gasteiger partial charge is 0.256 e. The molecule has 0 aromatic heterocycles. The number of hydrogen-bond donors (Lipinski definition) is 4. The largest absolute Gasteiger partial charge is 0.344 e. The van der Waals surface area contributed by atoms with E-state index in [1.165, 1.54) is 0 Å². The molecule has 144 valence electrons. The minimum atomic E-state index is -0.704. The van der Waals surface area contributed by atoms with E-state index in [1.807, 2.05) is 19.9 Å². The second kappa shape index (κ2) is 10.9. The molecule has 3 amide bonds. The van der Waals surface area contributed by atoms with Crippen molar-refractivity contribution < 1.29 is 14.4 Å². The van der Waals surface area contributed by atoms with Crippen LogP contribution in [-0.4, -0.2) is 36.9 Å². The molecule has 0 fully saturated rings. The number of rotatable bonds is 11. The molecule has 0 rings (SSSR count). The van der Waals surface area contributed by atoms with Gasteiger partial charge in [0, 0.05) is 13.5 Å². The van der Waals surface area contributed by atoms with Gasteiger partial charge in [0.05, 0.1) is 0 Å². The first-order valence-electron chi connectivity index (χ1n) is 8.71. The summed E-state index contributed by atoms with van der Waals surface area (Å²) in [7, 11) is 1.57. The molecule has 7 heteroatoms. The molecule has 0 aliphatic rings. The Labute approximate surface area is 151 Å². The summed E-state index contributed by atoms with van der Waals surface area (Å²) in [6.45, 7) is 13.2. The zero-order chi connectivity index (χ0) is 19.6. The lowest BCUT2D eigenvalue weighted by atomic mass is 9.84. The van der Waals surface area contributed by atoms with E-state index in [1.54, 1.807) is 14.0 Å². The number of nitrogens with one attached hydrogen (secondary N) is 4. The average molecular weight is 354 g/mol. The molecule has 0 aliphatic carbocycles. The van der Waals surface area contributed by atoms with Crippen molar-refractivity contribution >= 4 is 17.7 Å². The maximum Gasteiger partial charge on any atom is 0.256 e. The van der Waals surface area contributed by atoms with Gasteiger partial charge < -0.3 is 10.6 Å². The van der Waals surface area contributed by atoms with Crippen molar-refractivity contribution in [3.8, 4) is 0 Å². The van der Waals surface area contributed by atoms with Gasteiger partial charge in [-0.3, -0.25) is 19.8 Å². The predicted molar refractivity (Wildman–Crippen MR) is 99.4 cm³/mol. The van der Waals surface area contributed by atoms with Crippen LogP contribution >= 0.6 is 0 Å². The summed E-state index contributed by atoms with van der Waals surface area (Å²) in [6, 6.07) is -1.38. The van der Waals surface area contributed by atoms with Crippen molar-refractivity contribution in [2.45, 2.75) is 66.0 Å². The Kier molecular flexibility index (Phi) is 10.0. The van der Waals surface area contributed by atoms with Gasteiger partial charge in [-0.1, -0.05) is 33.8 Å².